The highest BCUT2D eigenvalue weighted by atomic mass is 32.2. The first-order valence-corrected chi connectivity index (χ1v) is 6.21. The second-order valence-corrected chi connectivity index (χ2v) is 5.14. The van der Waals surface area contributed by atoms with Crippen LogP contribution in [0.2, 0.25) is 0 Å². The van der Waals surface area contributed by atoms with Crippen molar-refractivity contribution in [2.45, 2.75) is 25.0 Å². The van der Waals surface area contributed by atoms with Crippen molar-refractivity contribution in [2.24, 2.45) is 5.92 Å². The largest absolute Gasteiger partial charge is 0.381 e. The molecule has 0 bridgehead atoms. The smallest absolute Gasteiger partial charge is 0.0476 e. The van der Waals surface area contributed by atoms with E-state index in [2.05, 4.69) is 24.0 Å². The second kappa shape index (κ2) is 6.68. The van der Waals surface area contributed by atoms with Crippen molar-refractivity contribution in [3.63, 3.8) is 0 Å². The van der Waals surface area contributed by atoms with Crippen molar-refractivity contribution in [1.29, 1.82) is 0 Å². The number of nitrogens with one attached hydrogen (secondary N) is 1. The van der Waals surface area contributed by atoms with Crippen molar-refractivity contribution in [3.05, 3.63) is 0 Å². The van der Waals surface area contributed by atoms with Gasteiger partial charge in [0.15, 0.2) is 0 Å². The molecule has 0 aromatic rings. The van der Waals surface area contributed by atoms with Gasteiger partial charge in [-0.1, -0.05) is 6.92 Å². The molecule has 13 heavy (non-hydrogen) atoms. The van der Waals surface area contributed by atoms with Crippen LogP contribution in [-0.2, 0) is 4.74 Å². The fourth-order valence-electron chi connectivity index (χ4n) is 1.55. The Hall–Kier alpha value is 0.270. The van der Waals surface area contributed by atoms with E-state index in [9.17, 15) is 0 Å². The summed E-state index contributed by atoms with van der Waals surface area (Å²) in [5.74, 6) is 2.07. The Balaban J connectivity index is 2.03. The van der Waals surface area contributed by atoms with Gasteiger partial charge in [-0.05, 0) is 38.1 Å². The van der Waals surface area contributed by atoms with Gasteiger partial charge in [-0.15, -0.1) is 0 Å². The minimum Gasteiger partial charge on any atom is -0.381 e. The van der Waals surface area contributed by atoms with Gasteiger partial charge in [0, 0.05) is 18.5 Å². The van der Waals surface area contributed by atoms with E-state index >= 15 is 0 Å². The molecule has 1 aliphatic rings. The monoisotopic (exact) mass is 203 g/mol. The summed E-state index contributed by atoms with van der Waals surface area (Å²) in [4.78, 5) is 0. The standard InChI is InChI=1S/C10H21NOS/c1-9(7-11-2)8-13-10-3-5-12-6-4-10/h9-11H,3-8H2,1-2H3. The quantitative estimate of drug-likeness (QED) is 0.735. The van der Waals surface area contributed by atoms with Crippen LogP contribution in [0, 0.1) is 5.92 Å². The first-order chi connectivity index (χ1) is 6.33. The molecule has 1 unspecified atom stereocenters. The molecule has 0 saturated carbocycles. The van der Waals surface area contributed by atoms with Gasteiger partial charge in [-0.25, -0.2) is 0 Å². The summed E-state index contributed by atoms with van der Waals surface area (Å²) < 4.78 is 5.33. The van der Waals surface area contributed by atoms with E-state index in [4.69, 9.17) is 4.74 Å². The zero-order valence-electron chi connectivity index (χ0n) is 8.71. The number of rotatable bonds is 5. The summed E-state index contributed by atoms with van der Waals surface area (Å²) in [5.41, 5.74) is 0. The lowest BCUT2D eigenvalue weighted by Gasteiger charge is -2.22. The van der Waals surface area contributed by atoms with E-state index in [0.29, 0.717) is 0 Å². The van der Waals surface area contributed by atoms with Gasteiger partial charge in [0.1, 0.15) is 0 Å². The summed E-state index contributed by atoms with van der Waals surface area (Å²) >= 11 is 2.13. The third kappa shape index (κ3) is 4.89. The van der Waals surface area contributed by atoms with Gasteiger partial charge in [0.25, 0.3) is 0 Å². The van der Waals surface area contributed by atoms with Gasteiger partial charge in [-0.2, -0.15) is 11.8 Å². The molecule has 78 valence electrons. The average molecular weight is 203 g/mol. The van der Waals surface area contributed by atoms with Crippen LogP contribution in [-0.4, -0.2) is 37.8 Å². The van der Waals surface area contributed by atoms with Crippen molar-refractivity contribution >= 4 is 11.8 Å². The fraction of sp³-hybridized carbons (Fsp3) is 1.00. The molecule has 0 amide bonds. The van der Waals surface area contributed by atoms with Crippen LogP contribution < -0.4 is 5.32 Å². The Labute approximate surface area is 85.8 Å². The van der Waals surface area contributed by atoms with Crippen LogP contribution in [0.1, 0.15) is 19.8 Å². The summed E-state index contributed by atoms with van der Waals surface area (Å²) in [7, 11) is 2.02. The molecule has 1 saturated heterocycles. The molecule has 1 aliphatic heterocycles. The number of ether oxygens (including phenoxy) is 1. The molecule has 0 aliphatic carbocycles. The normalized spacial score (nSPS) is 21.7. The molecule has 0 aromatic heterocycles. The summed E-state index contributed by atoms with van der Waals surface area (Å²) in [5, 5.41) is 4.07. The van der Waals surface area contributed by atoms with Gasteiger partial charge >= 0.3 is 0 Å². The number of hydrogen-bond donors (Lipinski definition) is 1. The van der Waals surface area contributed by atoms with E-state index in [1.54, 1.807) is 0 Å². The van der Waals surface area contributed by atoms with E-state index in [1.165, 1.54) is 18.6 Å². The zero-order valence-corrected chi connectivity index (χ0v) is 9.53. The molecule has 1 fully saturated rings. The van der Waals surface area contributed by atoms with E-state index < -0.39 is 0 Å². The molecule has 1 heterocycles. The average Bonchev–Trinajstić information content (AvgIpc) is 2.17. The third-order valence-corrected chi connectivity index (χ3v) is 4.04. The molecule has 1 atom stereocenters. The minimum atomic E-state index is 0.790. The Bertz CT molecular complexity index is 126. The molecule has 0 aromatic carbocycles. The van der Waals surface area contributed by atoms with Crippen molar-refractivity contribution in [3.8, 4) is 0 Å². The van der Waals surface area contributed by atoms with Crippen molar-refractivity contribution in [2.75, 3.05) is 32.6 Å². The van der Waals surface area contributed by atoms with E-state index in [1.807, 2.05) is 7.05 Å². The van der Waals surface area contributed by atoms with Gasteiger partial charge < -0.3 is 10.1 Å². The Morgan fingerprint density at radius 3 is 2.77 bits per heavy atom. The Kier molecular flexibility index (Phi) is 5.83. The third-order valence-electron chi connectivity index (χ3n) is 2.34. The van der Waals surface area contributed by atoms with Crippen molar-refractivity contribution in [1.82, 2.24) is 5.32 Å². The summed E-state index contributed by atoms with van der Waals surface area (Å²) in [6.07, 6.45) is 2.49. The molecule has 2 nitrogen and oxygen atoms in total. The van der Waals surface area contributed by atoms with E-state index in [-0.39, 0.29) is 0 Å². The van der Waals surface area contributed by atoms with Gasteiger partial charge in [0.2, 0.25) is 0 Å². The van der Waals surface area contributed by atoms with Crippen LogP contribution in [0.3, 0.4) is 0 Å². The number of thioether (sulfide) groups is 1. The zero-order chi connectivity index (χ0) is 9.52. The Morgan fingerprint density at radius 1 is 1.46 bits per heavy atom. The summed E-state index contributed by atoms with van der Waals surface area (Å²) in [6, 6.07) is 0. The molecule has 1 rings (SSSR count). The molecule has 0 radical (unpaired) electrons. The fourth-order valence-corrected chi connectivity index (χ4v) is 2.79. The predicted molar refractivity (Wildman–Crippen MR) is 59.4 cm³/mol. The first kappa shape index (κ1) is 11.3. The van der Waals surface area contributed by atoms with Gasteiger partial charge in [-0.3, -0.25) is 0 Å². The van der Waals surface area contributed by atoms with Crippen LogP contribution >= 0.6 is 11.8 Å². The topological polar surface area (TPSA) is 21.3 Å². The highest BCUT2D eigenvalue weighted by molar-refractivity contribution is 7.99. The molecule has 3 heteroatoms. The van der Waals surface area contributed by atoms with Crippen molar-refractivity contribution < 1.29 is 4.74 Å². The van der Waals surface area contributed by atoms with Crippen LogP contribution in [0.15, 0.2) is 0 Å². The molecule has 0 spiro atoms. The second-order valence-electron chi connectivity index (χ2n) is 3.81. The van der Waals surface area contributed by atoms with E-state index in [0.717, 1.165) is 30.9 Å². The summed E-state index contributed by atoms with van der Waals surface area (Å²) in [6.45, 7) is 5.38. The number of hydrogen-bond acceptors (Lipinski definition) is 3. The lowest BCUT2D eigenvalue weighted by Crippen LogP contribution is -2.22. The highest BCUT2D eigenvalue weighted by Gasteiger charge is 2.14. The maximum Gasteiger partial charge on any atom is 0.0476 e. The van der Waals surface area contributed by atoms with Gasteiger partial charge in [0.05, 0.1) is 0 Å². The van der Waals surface area contributed by atoms with Crippen LogP contribution in [0.4, 0.5) is 0 Å². The predicted octanol–water partition coefficient (Wildman–Crippen LogP) is 1.75. The van der Waals surface area contributed by atoms with Crippen LogP contribution in [0.5, 0.6) is 0 Å². The minimum absolute atomic E-state index is 0.790. The maximum absolute atomic E-state index is 5.33. The highest BCUT2D eigenvalue weighted by Crippen LogP contribution is 2.23. The van der Waals surface area contributed by atoms with Crippen LogP contribution in [0.25, 0.3) is 0 Å². The molecular formula is C10H21NOS. The Morgan fingerprint density at radius 2 is 2.15 bits per heavy atom. The lowest BCUT2D eigenvalue weighted by molar-refractivity contribution is 0.1000. The molecule has 1 N–H and O–H groups in total. The lowest BCUT2D eigenvalue weighted by atomic mass is 10.2. The SMILES string of the molecule is CNCC(C)CSC1CCOCC1. The first-order valence-electron chi connectivity index (χ1n) is 5.17. The maximum atomic E-state index is 5.33. The molecular weight excluding hydrogens is 182 g/mol.